The van der Waals surface area contributed by atoms with Crippen molar-refractivity contribution >= 4 is 11.8 Å². The van der Waals surface area contributed by atoms with Crippen LogP contribution in [0.15, 0.2) is 30.3 Å². The third-order valence-electron chi connectivity index (χ3n) is 3.43. The van der Waals surface area contributed by atoms with Gasteiger partial charge in [-0.15, -0.1) is 0 Å². The second-order valence-corrected chi connectivity index (χ2v) is 4.88. The van der Waals surface area contributed by atoms with Crippen LogP contribution in [0.4, 0.5) is 0 Å². The number of benzene rings is 1. The Hall–Kier alpha value is -1.84. The number of amides is 2. The molecular formula is C14H18N2O2. The summed E-state index contributed by atoms with van der Waals surface area (Å²) in [6.07, 6.45) is 0.600. The highest BCUT2D eigenvalue weighted by molar-refractivity contribution is 5.97. The van der Waals surface area contributed by atoms with E-state index in [0.717, 1.165) is 5.56 Å². The van der Waals surface area contributed by atoms with Crippen LogP contribution in [0.2, 0.25) is 0 Å². The molecule has 0 spiro atoms. The van der Waals surface area contributed by atoms with Crippen LogP contribution in [0.5, 0.6) is 0 Å². The van der Waals surface area contributed by atoms with Crippen LogP contribution in [0, 0.1) is 0 Å². The molecule has 1 fully saturated rings. The Kier molecular flexibility index (Phi) is 3.36. The van der Waals surface area contributed by atoms with Gasteiger partial charge in [0.15, 0.2) is 0 Å². The fraction of sp³-hybridized carbons (Fsp3) is 0.429. The summed E-state index contributed by atoms with van der Waals surface area (Å²) in [4.78, 5) is 25.6. The molecule has 2 rings (SSSR count). The van der Waals surface area contributed by atoms with Crippen molar-refractivity contribution in [1.29, 1.82) is 0 Å². The first-order valence-corrected chi connectivity index (χ1v) is 6.19. The van der Waals surface area contributed by atoms with Gasteiger partial charge in [-0.2, -0.15) is 0 Å². The van der Waals surface area contributed by atoms with E-state index >= 15 is 0 Å². The molecule has 0 aliphatic carbocycles. The van der Waals surface area contributed by atoms with E-state index in [-0.39, 0.29) is 18.4 Å². The van der Waals surface area contributed by atoms with Crippen LogP contribution in [-0.4, -0.2) is 28.8 Å². The van der Waals surface area contributed by atoms with Crippen molar-refractivity contribution in [3.63, 3.8) is 0 Å². The van der Waals surface area contributed by atoms with Gasteiger partial charge in [-0.1, -0.05) is 37.3 Å². The summed E-state index contributed by atoms with van der Waals surface area (Å²) in [5.74, 6) is -0.0941. The van der Waals surface area contributed by atoms with Crippen molar-refractivity contribution < 1.29 is 9.59 Å². The minimum Gasteiger partial charge on any atom is -0.340 e. The van der Waals surface area contributed by atoms with Crippen molar-refractivity contribution in [2.75, 3.05) is 6.54 Å². The first-order chi connectivity index (χ1) is 8.55. The monoisotopic (exact) mass is 246 g/mol. The summed E-state index contributed by atoms with van der Waals surface area (Å²) in [6.45, 7) is 4.32. The third-order valence-corrected chi connectivity index (χ3v) is 3.43. The Labute approximate surface area is 107 Å². The van der Waals surface area contributed by atoms with Gasteiger partial charge in [-0.05, 0) is 18.9 Å². The molecule has 0 radical (unpaired) electrons. The van der Waals surface area contributed by atoms with Crippen LogP contribution in [-0.2, 0) is 16.1 Å². The highest BCUT2D eigenvalue weighted by Gasteiger charge is 2.41. The average Bonchev–Trinajstić information content (AvgIpc) is 2.37. The summed E-state index contributed by atoms with van der Waals surface area (Å²) >= 11 is 0. The fourth-order valence-electron chi connectivity index (χ4n) is 2.17. The molecule has 4 nitrogen and oxygen atoms in total. The van der Waals surface area contributed by atoms with Crippen molar-refractivity contribution in [2.24, 2.45) is 0 Å². The maximum absolute atomic E-state index is 12.3. The van der Waals surface area contributed by atoms with Crippen molar-refractivity contribution in [3.05, 3.63) is 35.9 Å². The summed E-state index contributed by atoms with van der Waals surface area (Å²) in [7, 11) is 0. The molecule has 1 aromatic carbocycles. The molecule has 4 heteroatoms. The van der Waals surface area contributed by atoms with E-state index in [1.54, 1.807) is 11.8 Å². The minimum atomic E-state index is -0.760. The number of rotatable bonds is 3. The molecule has 0 bridgehead atoms. The lowest BCUT2D eigenvalue weighted by Crippen LogP contribution is -2.64. The van der Waals surface area contributed by atoms with Gasteiger partial charge in [-0.25, -0.2) is 0 Å². The number of carbonyl (C=O) groups is 2. The van der Waals surface area contributed by atoms with Gasteiger partial charge in [0.05, 0.1) is 6.54 Å². The van der Waals surface area contributed by atoms with Gasteiger partial charge < -0.3 is 10.2 Å². The number of hydrogen-bond acceptors (Lipinski definition) is 2. The highest BCUT2D eigenvalue weighted by Crippen LogP contribution is 2.19. The summed E-state index contributed by atoms with van der Waals surface area (Å²) < 4.78 is 0. The molecule has 0 aromatic heterocycles. The Morgan fingerprint density at radius 3 is 2.56 bits per heavy atom. The molecule has 2 amide bonds. The second kappa shape index (κ2) is 4.80. The van der Waals surface area contributed by atoms with Crippen molar-refractivity contribution in [3.8, 4) is 0 Å². The Bertz CT molecular complexity index is 458. The molecule has 1 unspecified atom stereocenters. The number of hydrogen-bond donors (Lipinski definition) is 1. The lowest BCUT2D eigenvalue weighted by atomic mass is 9.94. The molecule has 1 aliphatic heterocycles. The van der Waals surface area contributed by atoms with Crippen molar-refractivity contribution in [2.45, 2.75) is 32.4 Å². The lowest BCUT2D eigenvalue weighted by molar-refractivity contribution is -0.149. The highest BCUT2D eigenvalue weighted by atomic mass is 16.2. The Morgan fingerprint density at radius 1 is 1.28 bits per heavy atom. The number of nitrogens with zero attached hydrogens (tertiary/aromatic N) is 1. The minimum absolute atomic E-state index is 0.00606. The molecule has 1 N–H and O–H groups in total. The van der Waals surface area contributed by atoms with Crippen LogP contribution in [0.25, 0.3) is 0 Å². The lowest BCUT2D eigenvalue weighted by Gasteiger charge is -2.39. The van der Waals surface area contributed by atoms with Gasteiger partial charge in [0.2, 0.25) is 11.8 Å². The third kappa shape index (κ3) is 2.37. The molecular weight excluding hydrogens is 228 g/mol. The maximum atomic E-state index is 12.3. The van der Waals surface area contributed by atoms with Gasteiger partial charge in [0.25, 0.3) is 0 Å². The Morgan fingerprint density at radius 2 is 1.94 bits per heavy atom. The van der Waals surface area contributed by atoms with E-state index in [4.69, 9.17) is 0 Å². The molecule has 1 aliphatic rings. The quantitative estimate of drug-likeness (QED) is 0.874. The number of carbonyl (C=O) groups excluding carboxylic acids is 2. The summed E-state index contributed by atoms with van der Waals surface area (Å²) in [6, 6.07) is 9.72. The molecule has 1 saturated heterocycles. The first-order valence-electron chi connectivity index (χ1n) is 6.19. The van der Waals surface area contributed by atoms with E-state index in [0.29, 0.717) is 13.0 Å². The maximum Gasteiger partial charge on any atom is 0.248 e. The van der Waals surface area contributed by atoms with Crippen LogP contribution in [0.1, 0.15) is 25.8 Å². The van der Waals surface area contributed by atoms with Gasteiger partial charge in [0.1, 0.15) is 5.54 Å². The zero-order valence-electron chi connectivity index (χ0n) is 10.8. The fourth-order valence-corrected chi connectivity index (χ4v) is 2.17. The number of nitrogens with one attached hydrogen (secondary N) is 1. The van der Waals surface area contributed by atoms with E-state index in [1.165, 1.54) is 0 Å². The summed E-state index contributed by atoms with van der Waals surface area (Å²) in [5, 5.41) is 2.78. The molecule has 96 valence electrons. The van der Waals surface area contributed by atoms with E-state index < -0.39 is 5.54 Å². The normalized spacial score (nSPS) is 24.0. The van der Waals surface area contributed by atoms with E-state index in [9.17, 15) is 9.59 Å². The average molecular weight is 246 g/mol. The predicted octanol–water partition coefficient (Wildman–Crippen LogP) is 1.31. The largest absolute Gasteiger partial charge is 0.340 e. The van der Waals surface area contributed by atoms with Crippen LogP contribution < -0.4 is 5.32 Å². The predicted molar refractivity (Wildman–Crippen MR) is 68.7 cm³/mol. The molecule has 1 atom stereocenters. The van der Waals surface area contributed by atoms with Gasteiger partial charge >= 0.3 is 0 Å². The molecule has 1 aromatic rings. The zero-order chi connectivity index (χ0) is 13.2. The topological polar surface area (TPSA) is 49.4 Å². The summed E-state index contributed by atoms with van der Waals surface area (Å²) in [5.41, 5.74) is 0.281. The Balaban J connectivity index is 2.17. The molecule has 1 heterocycles. The zero-order valence-corrected chi connectivity index (χ0v) is 10.8. The van der Waals surface area contributed by atoms with Gasteiger partial charge in [0, 0.05) is 6.54 Å². The molecule has 18 heavy (non-hydrogen) atoms. The van der Waals surface area contributed by atoms with Crippen LogP contribution in [0.3, 0.4) is 0 Å². The standard InChI is InChI=1S/C14H18N2O2/c1-3-14(2)13(18)16(10-12(17)15-14)9-11-7-5-4-6-8-11/h4-8H,3,9-10H2,1-2H3,(H,15,17). The van der Waals surface area contributed by atoms with Crippen molar-refractivity contribution in [1.82, 2.24) is 10.2 Å². The SMILES string of the molecule is CCC1(C)NC(=O)CN(Cc2ccccc2)C1=O. The first kappa shape index (κ1) is 12.6. The molecule has 0 saturated carbocycles. The van der Waals surface area contributed by atoms with E-state index in [2.05, 4.69) is 5.32 Å². The van der Waals surface area contributed by atoms with E-state index in [1.807, 2.05) is 37.3 Å². The number of piperazine rings is 1. The van der Waals surface area contributed by atoms with Crippen LogP contribution >= 0.6 is 0 Å². The second-order valence-electron chi connectivity index (χ2n) is 4.88. The smallest absolute Gasteiger partial charge is 0.248 e. The van der Waals surface area contributed by atoms with Gasteiger partial charge in [-0.3, -0.25) is 9.59 Å².